The third-order valence-electron chi connectivity index (χ3n) is 3.51. The van der Waals surface area contributed by atoms with Gasteiger partial charge in [0, 0.05) is 18.2 Å². The van der Waals surface area contributed by atoms with Crippen LogP contribution in [0.5, 0.6) is 0 Å². The third-order valence-corrected chi connectivity index (χ3v) is 3.51. The molecule has 0 aliphatic carbocycles. The lowest BCUT2D eigenvalue weighted by Gasteiger charge is -2.22. The average Bonchev–Trinajstić information content (AvgIpc) is 2.38. The van der Waals surface area contributed by atoms with Gasteiger partial charge in [-0.1, -0.05) is 27.2 Å². The van der Waals surface area contributed by atoms with Gasteiger partial charge in [0.15, 0.2) is 0 Å². The Morgan fingerprint density at radius 3 is 2.33 bits per heavy atom. The summed E-state index contributed by atoms with van der Waals surface area (Å²) in [5.74, 6) is 2.55. The normalized spacial score (nSPS) is 14.1. The van der Waals surface area contributed by atoms with E-state index in [0.717, 1.165) is 24.6 Å². The third kappa shape index (κ3) is 3.59. The number of hydrogen-bond donors (Lipinski definition) is 2. The quantitative estimate of drug-likeness (QED) is 0.779. The predicted octanol–water partition coefficient (Wildman–Crippen LogP) is 3.32. The summed E-state index contributed by atoms with van der Waals surface area (Å²) in [4.78, 5) is 8.70. The highest BCUT2D eigenvalue weighted by molar-refractivity contribution is 5.57. The van der Waals surface area contributed by atoms with E-state index >= 15 is 0 Å². The van der Waals surface area contributed by atoms with E-state index in [1.807, 2.05) is 0 Å². The standard InChI is InChI=1S/C14H26N4/c1-6-10(4)11(5)18-14-12(7-2)13(15-8-3)16-9-17-14/h9-11H,6-8H2,1-5H3,(H2,15,16,17,18). The van der Waals surface area contributed by atoms with Gasteiger partial charge >= 0.3 is 0 Å². The Morgan fingerprint density at radius 1 is 1.11 bits per heavy atom. The van der Waals surface area contributed by atoms with Crippen LogP contribution >= 0.6 is 0 Å². The Balaban J connectivity index is 2.91. The molecule has 0 aliphatic rings. The van der Waals surface area contributed by atoms with Crippen molar-refractivity contribution in [3.8, 4) is 0 Å². The van der Waals surface area contributed by atoms with E-state index in [4.69, 9.17) is 0 Å². The summed E-state index contributed by atoms with van der Waals surface area (Å²) in [5, 5.41) is 6.81. The summed E-state index contributed by atoms with van der Waals surface area (Å²) >= 11 is 0. The maximum Gasteiger partial charge on any atom is 0.134 e. The van der Waals surface area contributed by atoms with E-state index in [0.29, 0.717) is 12.0 Å². The van der Waals surface area contributed by atoms with Crippen molar-refractivity contribution in [2.45, 2.75) is 53.5 Å². The molecule has 1 heterocycles. The SMILES string of the molecule is CCNc1ncnc(NC(C)C(C)CC)c1CC. The van der Waals surface area contributed by atoms with Crippen molar-refractivity contribution in [2.75, 3.05) is 17.2 Å². The Hall–Kier alpha value is -1.32. The molecule has 0 aliphatic heterocycles. The Bertz CT molecular complexity index is 365. The van der Waals surface area contributed by atoms with Gasteiger partial charge in [-0.3, -0.25) is 0 Å². The zero-order valence-corrected chi connectivity index (χ0v) is 12.2. The first-order valence-electron chi connectivity index (χ1n) is 6.98. The molecule has 0 saturated carbocycles. The summed E-state index contributed by atoms with van der Waals surface area (Å²) in [7, 11) is 0. The minimum Gasteiger partial charge on any atom is -0.370 e. The van der Waals surface area contributed by atoms with Crippen molar-refractivity contribution in [2.24, 2.45) is 5.92 Å². The molecule has 4 nitrogen and oxygen atoms in total. The number of rotatable bonds is 7. The lowest BCUT2D eigenvalue weighted by molar-refractivity contribution is 0.493. The first kappa shape index (κ1) is 14.7. The fraction of sp³-hybridized carbons (Fsp3) is 0.714. The smallest absolute Gasteiger partial charge is 0.134 e. The summed E-state index contributed by atoms with van der Waals surface area (Å²) in [6.07, 6.45) is 3.72. The van der Waals surface area contributed by atoms with Crippen molar-refractivity contribution in [3.05, 3.63) is 11.9 Å². The average molecular weight is 250 g/mol. The monoisotopic (exact) mass is 250 g/mol. The van der Waals surface area contributed by atoms with E-state index in [-0.39, 0.29) is 0 Å². The molecule has 0 spiro atoms. The van der Waals surface area contributed by atoms with Crippen LogP contribution in [0.2, 0.25) is 0 Å². The van der Waals surface area contributed by atoms with Gasteiger partial charge in [-0.2, -0.15) is 0 Å². The van der Waals surface area contributed by atoms with Crippen LogP contribution in [0.25, 0.3) is 0 Å². The molecule has 0 aromatic carbocycles. The maximum atomic E-state index is 4.39. The van der Waals surface area contributed by atoms with Gasteiger partial charge in [0.2, 0.25) is 0 Å². The molecule has 0 amide bonds. The van der Waals surface area contributed by atoms with Crippen molar-refractivity contribution in [3.63, 3.8) is 0 Å². The molecule has 1 aromatic heterocycles. The highest BCUT2D eigenvalue weighted by atomic mass is 15.1. The van der Waals surface area contributed by atoms with Gasteiger partial charge < -0.3 is 10.6 Å². The van der Waals surface area contributed by atoms with Crippen molar-refractivity contribution >= 4 is 11.6 Å². The number of nitrogens with zero attached hydrogens (tertiary/aromatic N) is 2. The van der Waals surface area contributed by atoms with E-state index in [9.17, 15) is 0 Å². The van der Waals surface area contributed by atoms with Gasteiger partial charge in [0.05, 0.1) is 0 Å². The molecule has 0 saturated heterocycles. The van der Waals surface area contributed by atoms with Gasteiger partial charge in [-0.15, -0.1) is 0 Å². The molecule has 4 heteroatoms. The summed E-state index contributed by atoms with van der Waals surface area (Å²) in [5.41, 5.74) is 1.18. The molecular weight excluding hydrogens is 224 g/mol. The Kier molecular flexibility index (Phi) is 5.89. The lowest BCUT2D eigenvalue weighted by Crippen LogP contribution is -2.25. The summed E-state index contributed by atoms with van der Waals surface area (Å²) < 4.78 is 0. The Morgan fingerprint density at radius 2 is 1.78 bits per heavy atom. The van der Waals surface area contributed by atoms with Gasteiger partial charge in [-0.05, 0) is 26.2 Å². The summed E-state index contributed by atoms with van der Waals surface area (Å²) in [6, 6.07) is 0.421. The van der Waals surface area contributed by atoms with Crippen LogP contribution in [0, 0.1) is 5.92 Å². The number of aromatic nitrogens is 2. The van der Waals surface area contributed by atoms with E-state index < -0.39 is 0 Å². The van der Waals surface area contributed by atoms with Crippen LogP contribution in [0.3, 0.4) is 0 Å². The molecule has 2 N–H and O–H groups in total. The molecule has 0 radical (unpaired) electrons. The second-order valence-electron chi connectivity index (χ2n) is 4.75. The fourth-order valence-electron chi connectivity index (χ4n) is 1.90. The van der Waals surface area contributed by atoms with Crippen LogP contribution in [-0.2, 0) is 6.42 Å². The van der Waals surface area contributed by atoms with Crippen LogP contribution < -0.4 is 10.6 Å². The number of hydrogen-bond acceptors (Lipinski definition) is 4. The second kappa shape index (κ2) is 7.19. The van der Waals surface area contributed by atoms with Crippen LogP contribution in [0.1, 0.15) is 46.6 Å². The summed E-state index contributed by atoms with van der Waals surface area (Å²) in [6.45, 7) is 11.8. The number of nitrogens with one attached hydrogen (secondary N) is 2. The van der Waals surface area contributed by atoms with E-state index in [1.165, 1.54) is 12.0 Å². The van der Waals surface area contributed by atoms with Crippen LogP contribution in [0.15, 0.2) is 6.33 Å². The molecule has 102 valence electrons. The molecule has 2 atom stereocenters. The number of anilines is 2. The zero-order chi connectivity index (χ0) is 13.5. The zero-order valence-electron chi connectivity index (χ0n) is 12.2. The highest BCUT2D eigenvalue weighted by Crippen LogP contribution is 2.22. The van der Waals surface area contributed by atoms with Crippen molar-refractivity contribution < 1.29 is 0 Å². The topological polar surface area (TPSA) is 49.8 Å². The second-order valence-corrected chi connectivity index (χ2v) is 4.75. The predicted molar refractivity (Wildman–Crippen MR) is 78.1 cm³/mol. The minimum absolute atomic E-state index is 0.421. The molecule has 1 aromatic rings. The van der Waals surface area contributed by atoms with E-state index in [2.05, 4.69) is 55.2 Å². The first-order valence-corrected chi connectivity index (χ1v) is 6.98. The van der Waals surface area contributed by atoms with Crippen molar-refractivity contribution in [1.82, 2.24) is 9.97 Å². The molecule has 18 heavy (non-hydrogen) atoms. The highest BCUT2D eigenvalue weighted by Gasteiger charge is 2.14. The minimum atomic E-state index is 0.421. The molecule has 0 fully saturated rings. The molecule has 0 bridgehead atoms. The fourth-order valence-corrected chi connectivity index (χ4v) is 1.90. The largest absolute Gasteiger partial charge is 0.370 e. The van der Waals surface area contributed by atoms with E-state index in [1.54, 1.807) is 6.33 Å². The lowest BCUT2D eigenvalue weighted by atomic mass is 10.0. The van der Waals surface area contributed by atoms with Gasteiger partial charge in [0.25, 0.3) is 0 Å². The molecule has 2 unspecified atom stereocenters. The van der Waals surface area contributed by atoms with Gasteiger partial charge in [0.1, 0.15) is 18.0 Å². The van der Waals surface area contributed by atoms with Crippen LogP contribution in [-0.4, -0.2) is 22.6 Å². The molecular formula is C14H26N4. The first-order chi connectivity index (χ1) is 8.63. The Labute approximate surface area is 111 Å². The maximum absolute atomic E-state index is 4.39. The van der Waals surface area contributed by atoms with Gasteiger partial charge in [-0.25, -0.2) is 9.97 Å². The molecule has 1 rings (SSSR count). The van der Waals surface area contributed by atoms with Crippen LogP contribution in [0.4, 0.5) is 11.6 Å². The van der Waals surface area contributed by atoms with Crippen molar-refractivity contribution in [1.29, 1.82) is 0 Å².